The zero-order valence-electron chi connectivity index (χ0n) is 14.4. The van der Waals surface area contributed by atoms with E-state index in [0.717, 1.165) is 11.5 Å². The number of piperidine rings is 1. The van der Waals surface area contributed by atoms with Crippen molar-refractivity contribution >= 4 is 0 Å². The minimum atomic E-state index is -0.342. The molecule has 3 rings (SSSR count). The van der Waals surface area contributed by atoms with E-state index in [2.05, 4.69) is 36.5 Å². The third-order valence-electron chi connectivity index (χ3n) is 4.98. The zero-order chi connectivity index (χ0) is 17.1. The summed E-state index contributed by atoms with van der Waals surface area (Å²) in [6.07, 6.45) is 0.366. The van der Waals surface area contributed by atoms with Gasteiger partial charge in [-0.15, -0.1) is 0 Å². The molecule has 4 nitrogen and oxygen atoms in total. The first-order chi connectivity index (χ1) is 11.6. The van der Waals surface area contributed by atoms with Crippen LogP contribution < -0.4 is 14.8 Å². The van der Waals surface area contributed by atoms with Crippen LogP contribution in [0, 0.1) is 5.92 Å². The Morgan fingerprint density at radius 2 is 1.38 bits per heavy atom. The molecule has 0 unspecified atom stereocenters. The van der Waals surface area contributed by atoms with E-state index in [1.54, 1.807) is 14.2 Å². The molecule has 0 aromatic heterocycles. The van der Waals surface area contributed by atoms with Crippen LogP contribution in [0.25, 0.3) is 0 Å². The number of nitrogens with one attached hydrogen (secondary N) is 1. The molecule has 1 fully saturated rings. The van der Waals surface area contributed by atoms with Crippen LogP contribution in [0.1, 0.15) is 36.6 Å². The highest BCUT2D eigenvalue weighted by molar-refractivity contribution is 5.32. The minimum Gasteiger partial charge on any atom is -0.497 e. The van der Waals surface area contributed by atoms with Crippen LogP contribution in [0.4, 0.5) is 0 Å². The van der Waals surface area contributed by atoms with E-state index in [-0.39, 0.29) is 24.1 Å². The van der Waals surface area contributed by atoms with E-state index in [4.69, 9.17) is 9.47 Å². The summed E-state index contributed by atoms with van der Waals surface area (Å²) >= 11 is 0. The number of aliphatic hydroxyl groups excluding tert-OH is 1. The number of ether oxygens (including phenoxy) is 2. The third-order valence-corrected chi connectivity index (χ3v) is 4.98. The molecule has 0 amide bonds. The van der Waals surface area contributed by atoms with E-state index in [1.165, 1.54) is 11.1 Å². The van der Waals surface area contributed by atoms with Crippen molar-refractivity contribution < 1.29 is 14.6 Å². The highest BCUT2D eigenvalue weighted by atomic mass is 16.5. The van der Waals surface area contributed by atoms with Crippen molar-refractivity contribution in [3.05, 3.63) is 59.7 Å². The quantitative estimate of drug-likeness (QED) is 0.903. The Labute approximate surface area is 143 Å². The summed E-state index contributed by atoms with van der Waals surface area (Å²) in [5, 5.41) is 14.3. The molecule has 0 radical (unpaired) electrons. The van der Waals surface area contributed by atoms with Crippen molar-refractivity contribution in [2.45, 2.75) is 31.5 Å². The highest BCUT2D eigenvalue weighted by Crippen LogP contribution is 2.37. The number of rotatable bonds is 4. The fraction of sp³-hybridized carbons (Fsp3) is 0.400. The predicted octanol–water partition coefficient (Wildman–Crippen LogP) is 3.48. The van der Waals surface area contributed by atoms with Crippen molar-refractivity contribution in [1.82, 2.24) is 5.32 Å². The van der Waals surface area contributed by atoms with Gasteiger partial charge in [0, 0.05) is 18.0 Å². The summed E-state index contributed by atoms with van der Waals surface area (Å²) < 4.78 is 10.5. The standard InChI is InChI=1S/C20H25NO3/c1-13-19(22)12-18(14-4-8-16(23-2)9-5-14)21-20(13)15-6-10-17(24-3)11-7-15/h4-11,13,18-22H,12H2,1-3H3/t13-,18+,19+,20+/m1/s1. The largest absolute Gasteiger partial charge is 0.497 e. The fourth-order valence-electron chi connectivity index (χ4n) is 3.39. The number of benzene rings is 2. The van der Waals surface area contributed by atoms with E-state index < -0.39 is 0 Å². The van der Waals surface area contributed by atoms with Crippen LogP contribution in [0.3, 0.4) is 0 Å². The Hall–Kier alpha value is -2.04. The van der Waals surface area contributed by atoms with Crippen molar-refractivity contribution in [3.63, 3.8) is 0 Å². The first-order valence-electron chi connectivity index (χ1n) is 8.34. The van der Waals surface area contributed by atoms with Gasteiger partial charge in [-0.25, -0.2) is 0 Å². The summed E-state index contributed by atoms with van der Waals surface area (Å²) in [5.74, 6) is 1.83. The SMILES string of the molecule is COc1ccc([C@@H]2C[C@H](O)[C@@H](C)[C@@H](c3ccc(OC)cc3)N2)cc1. The maximum Gasteiger partial charge on any atom is 0.118 e. The molecule has 1 aliphatic rings. The Morgan fingerprint density at radius 3 is 1.88 bits per heavy atom. The molecule has 0 bridgehead atoms. The molecule has 1 aliphatic heterocycles. The molecule has 0 saturated carbocycles. The molecular weight excluding hydrogens is 302 g/mol. The van der Waals surface area contributed by atoms with Gasteiger partial charge in [-0.05, 0) is 41.8 Å². The molecular formula is C20H25NO3. The van der Waals surface area contributed by atoms with Crippen molar-refractivity contribution in [2.75, 3.05) is 14.2 Å². The van der Waals surface area contributed by atoms with Gasteiger partial charge in [0.1, 0.15) is 11.5 Å². The minimum absolute atomic E-state index is 0.103. The number of hydrogen-bond acceptors (Lipinski definition) is 4. The van der Waals surface area contributed by atoms with E-state index in [1.807, 2.05) is 24.3 Å². The molecule has 2 N–H and O–H groups in total. The lowest BCUT2D eigenvalue weighted by atomic mass is 9.81. The number of aliphatic hydroxyl groups is 1. The maximum absolute atomic E-state index is 10.6. The molecule has 24 heavy (non-hydrogen) atoms. The van der Waals surface area contributed by atoms with Gasteiger partial charge in [0.2, 0.25) is 0 Å². The molecule has 4 atom stereocenters. The van der Waals surface area contributed by atoms with Crippen molar-refractivity contribution in [2.24, 2.45) is 5.92 Å². The highest BCUT2D eigenvalue weighted by Gasteiger charge is 2.35. The monoisotopic (exact) mass is 327 g/mol. The van der Waals surface area contributed by atoms with Crippen molar-refractivity contribution in [3.8, 4) is 11.5 Å². The summed E-state index contributed by atoms with van der Waals surface area (Å²) in [5.41, 5.74) is 2.33. The second kappa shape index (κ2) is 7.24. The Kier molecular flexibility index (Phi) is 5.07. The zero-order valence-corrected chi connectivity index (χ0v) is 14.4. The van der Waals surface area contributed by atoms with E-state index in [0.29, 0.717) is 6.42 Å². The van der Waals surface area contributed by atoms with Crippen molar-refractivity contribution in [1.29, 1.82) is 0 Å². The molecule has 1 heterocycles. The van der Waals surface area contributed by atoms with Crippen LogP contribution in [0.2, 0.25) is 0 Å². The van der Waals surface area contributed by atoms with Gasteiger partial charge in [-0.3, -0.25) is 0 Å². The Bertz CT molecular complexity index is 654. The van der Waals surface area contributed by atoms with Crippen LogP contribution in [-0.2, 0) is 0 Å². The molecule has 0 aliphatic carbocycles. The van der Waals surface area contributed by atoms with Crippen LogP contribution in [-0.4, -0.2) is 25.4 Å². The summed E-state index contributed by atoms with van der Waals surface area (Å²) in [4.78, 5) is 0. The molecule has 2 aromatic rings. The van der Waals surface area contributed by atoms with Gasteiger partial charge in [-0.2, -0.15) is 0 Å². The fourth-order valence-corrected chi connectivity index (χ4v) is 3.39. The van der Waals surface area contributed by atoms with Gasteiger partial charge >= 0.3 is 0 Å². The topological polar surface area (TPSA) is 50.7 Å². The number of methoxy groups -OCH3 is 2. The molecule has 1 saturated heterocycles. The third kappa shape index (κ3) is 3.40. The van der Waals surface area contributed by atoms with Crippen LogP contribution in [0.5, 0.6) is 11.5 Å². The second-order valence-electron chi connectivity index (χ2n) is 6.41. The Balaban J connectivity index is 1.82. The van der Waals surface area contributed by atoms with Gasteiger partial charge in [0.25, 0.3) is 0 Å². The van der Waals surface area contributed by atoms with Gasteiger partial charge in [0.15, 0.2) is 0 Å². The van der Waals surface area contributed by atoms with E-state index in [9.17, 15) is 5.11 Å². The van der Waals surface area contributed by atoms with Crippen LogP contribution in [0.15, 0.2) is 48.5 Å². The molecule has 128 valence electrons. The average molecular weight is 327 g/mol. The smallest absolute Gasteiger partial charge is 0.118 e. The van der Waals surface area contributed by atoms with Gasteiger partial charge in [-0.1, -0.05) is 31.2 Å². The molecule has 2 aromatic carbocycles. The predicted molar refractivity (Wildman–Crippen MR) is 94.4 cm³/mol. The lowest BCUT2D eigenvalue weighted by molar-refractivity contribution is 0.0402. The number of hydrogen-bond donors (Lipinski definition) is 2. The van der Waals surface area contributed by atoms with Gasteiger partial charge < -0.3 is 19.9 Å². The first kappa shape index (κ1) is 16.8. The molecule has 4 heteroatoms. The second-order valence-corrected chi connectivity index (χ2v) is 6.41. The van der Waals surface area contributed by atoms with Crippen LogP contribution >= 0.6 is 0 Å². The summed E-state index contributed by atoms with van der Waals surface area (Å²) in [6.45, 7) is 2.09. The summed E-state index contributed by atoms with van der Waals surface area (Å²) in [6, 6.07) is 16.3. The summed E-state index contributed by atoms with van der Waals surface area (Å²) in [7, 11) is 3.33. The van der Waals surface area contributed by atoms with E-state index >= 15 is 0 Å². The maximum atomic E-state index is 10.6. The Morgan fingerprint density at radius 1 is 0.875 bits per heavy atom. The average Bonchev–Trinajstić information content (AvgIpc) is 2.64. The molecule has 0 spiro atoms. The normalized spacial score (nSPS) is 26.8. The van der Waals surface area contributed by atoms with Gasteiger partial charge in [0.05, 0.1) is 20.3 Å². The lowest BCUT2D eigenvalue weighted by Crippen LogP contribution is -2.43. The lowest BCUT2D eigenvalue weighted by Gasteiger charge is -2.40. The first-order valence-corrected chi connectivity index (χ1v) is 8.34.